The minimum atomic E-state index is 0.505. The monoisotopic (exact) mass is 141 g/mol. The maximum atomic E-state index is 3.40. The zero-order chi connectivity index (χ0) is 8.15. The minimum absolute atomic E-state index is 0.505. The second-order valence-corrected chi connectivity index (χ2v) is 3.35. The van der Waals surface area contributed by atoms with E-state index in [1.165, 1.54) is 5.57 Å². The van der Waals surface area contributed by atoms with Gasteiger partial charge in [0.15, 0.2) is 0 Å². The molecule has 1 atom stereocenters. The second kappa shape index (κ2) is 4.51. The second-order valence-electron chi connectivity index (χ2n) is 3.35. The Morgan fingerprint density at radius 2 is 1.70 bits per heavy atom. The molecule has 0 heterocycles. The van der Waals surface area contributed by atoms with E-state index in [2.05, 4.69) is 46.0 Å². The molecular formula is C9H19N. The molecule has 0 saturated heterocycles. The van der Waals surface area contributed by atoms with Gasteiger partial charge in [-0.2, -0.15) is 0 Å². The first-order chi connectivity index (χ1) is 4.52. The summed E-state index contributed by atoms with van der Waals surface area (Å²) in [5.74, 6) is 0. The fraction of sp³-hybridized carbons (Fsp3) is 0.778. The highest BCUT2D eigenvalue weighted by atomic mass is 14.9. The van der Waals surface area contributed by atoms with Crippen LogP contribution in [0.4, 0.5) is 0 Å². The Hall–Kier alpha value is -0.300. The SMILES string of the molecule is CC(C)=CC(C)NC(C)C. The summed E-state index contributed by atoms with van der Waals surface area (Å²) >= 11 is 0. The van der Waals surface area contributed by atoms with Crippen molar-refractivity contribution in [2.24, 2.45) is 0 Å². The van der Waals surface area contributed by atoms with E-state index in [0.29, 0.717) is 12.1 Å². The van der Waals surface area contributed by atoms with Crippen LogP contribution in [0.15, 0.2) is 11.6 Å². The molecule has 0 bridgehead atoms. The summed E-state index contributed by atoms with van der Waals surface area (Å²) in [4.78, 5) is 0. The maximum Gasteiger partial charge on any atom is 0.0226 e. The zero-order valence-electron chi connectivity index (χ0n) is 7.73. The molecule has 0 amide bonds. The van der Waals surface area contributed by atoms with E-state index in [-0.39, 0.29) is 0 Å². The number of rotatable bonds is 3. The molecule has 0 aromatic carbocycles. The van der Waals surface area contributed by atoms with Crippen molar-refractivity contribution >= 4 is 0 Å². The Bertz CT molecular complexity index is 110. The van der Waals surface area contributed by atoms with Gasteiger partial charge in [-0.25, -0.2) is 0 Å². The molecule has 1 N–H and O–H groups in total. The quantitative estimate of drug-likeness (QED) is 0.595. The summed E-state index contributed by atoms with van der Waals surface area (Å²) in [6.07, 6.45) is 2.24. The Labute approximate surface area is 64.5 Å². The largest absolute Gasteiger partial charge is 0.309 e. The van der Waals surface area contributed by atoms with Gasteiger partial charge in [0.1, 0.15) is 0 Å². The smallest absolute Gasteiger partial charge is 0.0226 e. The van der Waals surface area contributed by atoms with Crippen molar-refractivity contribution < 1.29 is 0 Å². The molecule has 0 fully saturated rings. The molecule has 0 aromatic heterocycles. The Kier molecular flexibility index (Phi) is 4.37. The van der Waals surface area contributed by atoms with Crippen molar-refractivity contribution in [2.45, 2.75) is 46.7 Å². The maximum absolute atomic E-state index is 3.40. The molecular weight excluding hydrogens is 122 g/mol. The molecule has 0 aliphatic carbocycles. The first kappa shape index (κ1) is 9.70. The van der Waals surface area contributed by atoms with Gasteiger partial charge in [0.25, 0.3) is 0 Å². The third kappa shape index (κ3) is 5.83. The van der Waals surface area contributed by atoms with Crippen molar-refractivity contribution in [3.05, 3.63) is 11.6 Å². The molecule has 0 rings (SSSR count). The van der Waals surface area contributed by atoms with Crippen LogP contribution >= 0.6 is 0 Å². The van der Waals surface area contributed by atoms with Gasteiger partial charge >= 0.3 is 0 Å². The predicted octanol–water partition coefficient (Wildman–Crippen LogP) is 2.34. The molecule has 60 valence electrons. The van der Waals surface area contributed by atoms with E-state index in [9.17, 15) is 0 Å². The third-order valence-electron chi connectivity index (χ3n) is 1.18. The summed E-state index contributed by atoms with van der Waals surface area (Å²) in [6.45, 7) is 10.7. The van der Waals surface area contributed by atoms with E-state index in [4.69, 9.17) is 0 Å². The van der Waals surface area contributed by atoms with Crippen LogP contribution in [-0.4, -0.2) is 12.1 Å². The first-order valence-electron chi connectivity index (χ1n) is 3.93. The van der Waals surface area contributed by atoms with Crippen LogP contribution < -0.4 is 5.32 Å². The van der Waals surface area contributed by atoms with Crippen molar-refractivity contribution in [3.8, 4) is 0 Å². The van der Waals surface area contributed by atoms with Gasteiger partial charge in [-0.15, -0.1) is 0 Å². The highest BCUT2D eigenvalue weighted by Gasteiger charge is 1.97. The van der Waals surface area contributed by atoms with Gasteiger partial charge in [-0.3, -0.25) is 0 Å². The van der Waals surface area contributed by atoms with Crippen LogP contribution in [0, 0.1) is 0 Å². The molecule has 1 unspecified atom stereocenters. The van der Waals surface area contributed by atoms with Crippen LogP contribution in [0.1, 0.15) is 34.6 Å². The fourth-order valence-corrected chi connectivity index (χ4v) is 1.07. The topological polar surface area (TPSA) is 12.0 Å². The van der Waals surface area contributed by atoms with Crippen molar-refractivity contribution in [1.29, 1.82) is 0 Å². The van der Waals surface area contributed by atoms with E-state index in [1.807, 2.05) is 0 Å². The lowest BCUT2D eigenvalue weighted by atomic mass is 10.2. The Balaban J connectivity index is 3.64. The number of nitrogens with one attached hydrogen (secondary N) is 1. The van der Waals surface area contributed by atoms with E-state index >= 15 is 0 Å². The summed E-state index contributed by atoms with van der Waals surface area (Å²) in [5.41, 5.74) is 1.38. The fourth-order valence-electron chi connectivity index (χ4n) is 1.07. The first-order valence-corrected chi connectivity index (χ1v) is 3.93. The van der Waals surface area contributed by atoms with Gasteiger partial charge in [0.05, 0.1) is 0 Å². The summed E-state index contributed by atoms with van der Waals surface area (Å²) in [5, 5.41) is 3.40. The van der Waals surface area contributed by atoms with Crippen molar-refractivity contribution in [3.63, 3.8) is 0 Å². The Morgan fingerprint density at radius 1 is 1.20 bits per heavy atom. The lowest BCUT2D eigenvalue weighted by molar-refractivity contribution is 0.548. The van der Waals surface area contributed by atoms with Gasteiger partial charge in [-0.1, -0.05) is 25.5 Å². The third-order valence-corrected chi connectivity index (χ3v) is 1.18. The molecule has 0 radical (unpaired) electrons. The summed E-state index contributed by atoms with van der Waals surface area (Å²) in [6, 6.07) is 1.08. The molecule has 0 aliphatic rings. The number of hydrogen-bond acceptors (Lipinski definition) is 1. The molecule has 0 saturated carbocycles. The predicted molar refractivity (Wildman–Crippen MR) is 47.2 cm³/mol. The average Bonchev–Trinajstić information content (AvgIpc) is 1.58. The lowest BCUT2D eigenvalue weighted by Gasteiger charge is -2.13. The van der Waals surface area contributed by atoms with Crippen LogP contribution in [0.3, 0.4) is 0 Å². The van der Waals surface area contributed by atoms with Crippen LogP contribution in [0.25, 0.3) is 0 Å². The van der Waals surface area contributed by atoms with E-state index in [0.717, 1.165) is 0 Å². The van der Waals surface area contributed by atoms with E-state index < -0.39 is 0 Å². The van der Waals surface area contributed by atoms with E-state index in [1.54, 1.807) is 0 Å². The number of hydrogen-bond donors (Lipinski definition) is 1. The van der Waals surface area contributed by atoms with Crippen LogP contribution in [-0.2, 0) is 0 Å². The zero-order valence-corrected chi connectivity index (χ0v) is 7.73. The minimum Gasteiger partial charge on any atom is -0.309 e. The van der Waals surface area contributed by atoms with Gasteiger partial charge < -0.3 is 5.32 Å². The normalized spacial score (nSPS) is 13.4. The van der Waals surface area contributed by atoms with Gasteiger partial charge in [0, 0.05) is 12.1 Å². The molecule has 0 spiro atoms. The standard InChI is InChI=1S/C9H19N/c1-7(2)6-9(5)10-8(3)4/h6,8-10H,1-5H3. The molecule has 1 heteroatoms. The average molecular weight is 141 g/mol. The molecule has 10 heavy (non-hydrogen) atoms. The van der Waals surface area contributed by atoms with Crippen molar-refractivity contribution in [2.75, 3.05) is 0 Å². The summed E-state index contributed by atoms with van der Waals surface area (Å²) < 4.78 is 0. The lowest BCUT2D eigenvalue weighted by Crippen LogP contribution is -2.30. The molecule has 0 aromatic rings. The number of allylic oxidation sites excluding steroid dienone is 1. The van der Waals surface area contributed by atoms with Gasteiger partial charge in [-0.05, 0) is 20.8 Å². The molecule has 1 nitrogen and oxygen atoms in total. The Morgan fingerprint density at radius 3 is 2.00 bits per heavy atom. The van der Waals surface area contributed by atoms with Crippen LogP contribution in [0.2, 0.25) is 0 Å². The summed E-state index contributed by atoms with van der Waals surface area (Å²) in [7, 11) is 0. The highest BCUT2D eigenvalue weighted by Crippen LogP contribution is 1.94. The van der Waals surface area contributed by atoms with Crippen LogP contribution in [0.5, 0.6) is 0 Å². The van der Waals surface area contributed by atoms with Gasteiger partial charge in [0.2, 0.25) is 0 Å². The molecule has 0 aliphatic heterocycles. The van der Waals surface area contributed by atoms with Crippen molar-refractivity contribution in [1.82, 2.24) is 5.32 Å². The highest BCUT2D eigenvalue weighted by molar-refractivity contribution is 4.99.